The van der Waals surface area contributed by atoms with E-state index in [-0.39, 0.29) is 69.3 Å². The molecule has 0 N–H and O–H groups in total. The van der Waals surface area contributed by atoms with E-state index in [0.717, 1.165) is 75.4 Å². The Morgan fingerprint density at radius 2 is 0.473 bits per heavy atom. The summed E-state index contributed by atoms with van der Waals surface area (Å²) in [6, 6.07) is 91.8. The number of ether oxygens (including phenoxy) is 23. The van der Waals surface area contributed by atoms with Crippen LogP contribution in [0.4, 0.5) is 0 Å². The second-order valence-electron chi connectivity index (χ2n) is 30.7. The van der Waals surface area contributed by atoms with Gasteiger partial charge in [0.1, 0.15) is 5.75 Å². The van der Waals surface area contributed by atoms with E-state index in [2.05, 4.69) is 158 Å². The maximum Gasteiger partial charge on any atom is 0.136 e. The first-order valence-corrected chi connectivity index (χ1v) is 44.6. The van der Waals surface area contributed by atoms with Crippen LogP contribution in [-0.2, 0) is 104 Å². The highest BCUT2D eigenvalue weighted by Gasteiger charge is 2.21. The molecule has 0 aliphatic carbocycles. The molecule has 0 aliphatic heterocycles. The molecule has 0 spiro atoms. The van der Waals surface area contributed by atoms with Crippen molar-refractivity contribution in [1.82, 2.24) is 0 Å². The van der Waals surface area contributed by atoms with Gasteiger partial charge < -0.3 is 109 Å². The average molecular weight is 1770 g/mol. The summed E-state index contributed by atoms with van der Waals surface area (Å²) < 4.78 is 137. The normalized spacial score (nSPS) is 12.3. The predicted molar refractivity (Wildman–Crippen MR) is 500 cm³/mol. The molecule has 0 unspecified atom stereocenters. The van der Waals surface area contributed by atoms with Gasteiger partial charge in [0.15, 0.2) is 0 Å². The van der Waals surface area contributed by atoms with Crippen molar-refractivity contribution < 1.29 is 109 Å². The van der Waals surface area contributed by atoms with Crippen LogP contribution in [0.3, 0.4) is 0 Å². The van der Waals surface area contributed by atoms with Gasteiger partial charge in [-0.25, -0.2) is 0 Å². The number of hydrogen-bond acceptors (Lipinski definition) is 23. The molecule has 11 rings (SSSR count). The molecule has 0 aliphatic rings. The summed E-state index contributed by atoms with van der Waals surface area (Å²) in [6.45, 7) is 22.5. The van der Waals surface area contributed by atoms with Crippen molar-refractivity contribution in [3.05, 3.63) is 224 Å². The maximum atomic E-state index is 7.28. The fourth-order valence-electron chi connectivity index (χ4n) is 13.1. The van der Waals surface area contributed by atoms with Crippen LogP contribution in [0.15, 0.2) is 152 Å². The second kappa shape index (κ2) is 64.6. The minimum absolute atomic E-state index is 0.117. The van der Waals surface area contributed by atoms with Crippen LogP contribution >= 0.6 is 0 Å². The Morgan fingerprint density at radius 1 is 0.217 bits per heavy atom. The lowest BCUT2D eigenvalue weighted by Gasteiger charge is -2.25. The van der Waals surface area contributed by atoms with E-state index in [1.165, 1.54) is 0 Å². The number of rotatable bonds is 67. The molecule has 0 amide bonds. The summed E-state index contributed by atoms with van der Waals surface area (Å²) >= 11 is 0. The van der Waals surface area contributed by atoms with Crippen LogP contribution in [0, 0.1) is 90.6 Å². The third-order valence-corrected chi connectivity index (χ3v) is 19.9. The van der Waals surface area contributed by atoms with E-state index in [1.54, 1.807) is 28.4 Å². The number of benzene rings is 7. The van der Waals surface area contributed by atoms with E-state index in [1.807, 2.05) is 94.4 Å². The van der Waals surface area contributed by atoms with Gasteiger partial charge in [0, 0.05) is 83.9 Å². The highest BCUT2D eigenvalue weighted by molar-refractivity contribution is 6.12. The van der Waals surface area contributed by atoms with E-state index in [4.69, 9.17) is 109 Å². The minimum atomic E-state index is -0.395. The molecule has 4 atom stereocenters. The zero-order chi connectivity index (χ0) is 90.4. The van der Waals surface area contributed by atoms with E-state index >= 15 is 0 Å². The Labute approximate surface area is 764 Å². The Morgan fingerprint density at radius 3 is 0.767 bits per heavy atom. The van der Waals surface area contributed by atoms with Crippen LogP contribution in [0.2, 0.25) is 0 Å². The van der Waals surface area contributed by atoms with Crippen LogP contribution in [0.5, 0.6) is 5.75 Å². The molecule has 0 fully saturated rings. The largest absolute Gasteiger partial charge is 0.492 e. The molecule has 0 saturated carbocycles. The molecular formula is C106H130O23. The topological polar surface area (TPSA) is 212 Å². The molecule has 129 heavy (non-hydrogen) atoms. The van der Waals surface area contributed by atoms with Gasteiger partial charge in [-0.3, -0.25) is 0 Å². The number of methoxy groups -OCH3 is 4. The first-order chi connectivity index (χ1) is 63.6. The van der Waals surface area contributed by atoms with Gasteiger partial charge in [-0.05, 0) is 162 Å². The van der Waals surface area contributed by atoms with Crippen molar-refractivity contribution in [3.63, 3.8) is 0 Å². The maximum absolute atomic E-state index is 7.28. The van der Waals surface area contributed by atoms with Gasteiger partial charge >= 0.3 is 0 Å². The van der Waals surface area contributed by atoms with Gasteiger partial charge in [0.05, 0.1) is 274 Å². The standard InChI is InChI=1S/C106H130O23/c1-83(70-119-61-57-115-53-49-111-45-41-107-5)125-78-93(79-126-84(2)71-120-62-58-116-54-50-112-46-42-108-6)76-123-74-92(75-124-77-94(80-127-85(3)72-121-63-59-117-55-51-113-47-43-109-7)81-128-86(4)73-122-64-60-118-56-52-114-48-44-110-8)82-129-106-69-91-35-37-95(106)38-40-105-102-33-18-34-103(105)99-30-16-26-90(68-99)22-12-10-20-88-24-14-28-97(66-88)101-32-17-31-100(104(101)39-36-91)96-27-13-23-87(65-96)19-9-11-21-89-25-15-29-98(102)67-89/h13-18,23-35,37,65-69,83-86,92-94H,41-64,70-82H2,1-8H3/t83-,84-,85-,86-/m0/s1. The van der Waals surface area contributed by atoms with Crippen molar-refractivity contribution in [2.75, 3.05) is 273 Å². The van der Waals surface area contributed by atoms with Gasteiger partial charge in [0.2, 0.25) is 0 Å². The first-order valence-electron chi connectivity index (χ1n) is 44.6. The third-order valence-electron chi connectivity index (χ3n) is 19.9. The molecule has 23 heteroatoms. The lowest BCUT2D eigenvalue weighted by molar-refractivity contribution is -0.0872. The molecule has 0 radical (unpaired) electrons. The van der Waals surface area contributed by atoms with Crippen LogP contribution in [-0.4, -0.2) is 297 Å². The highest BCUT2D eigenvalue weighted by Crippen LogP contribution is 2.29. The average Bonchev–Trinajstić information content (AvgIpc) is 0.791. The van der Waals surface area contributed by atoms with Crippen molar-refractivity contribution in [3.8, 4) is 5.75 Å². The molecule has 692 valence electrons. The smallest absolute Gasteiger partial charge is 0.136 e. The summed E-state index contributed by atoms with van der Waals surface area (Å²) in [6.07, 6.45) is -1.09. The lowest BCUT2D eigenvalue weighted by Crippen LogP contribution is -2.32. The van der Waals surface area contributed by atoms with Crippen molar-refractivity contribution in [2.24, 2.45) is 17.8 Å². The molecule has 11 aromatic rings. The monoisotopic (exact) mass is 1770 g/mol. The SMILES string of the molecule is COCCOCCOCCOC[C@H](C)OCC(COCC(COCC(CO[C@@H](C)COCCOCCOCCOC)CO[C@@H](C)COCCOCCOCCOC)COc1cc2c#cc3c4cccc3c3cccc(c#cc#cc5cccc(c5)c5cccc(c6cccc(c#cc#cc7cccc4c7)c6)c5c#cc1cc2)c3)CO[C@@H](C)COCCOCCOCCOC. The van der Waals surface area contributed by atoms with Crippen molar-refractivity contribution in [2.45, 2.75) is 52.1 Å². The Kier molecular flexibility index (Phi) is 51.8. The number of hydrogen-bond donors (Lipinski definition) is 0. The fourth-order valence-corrected chi connectivity index (χ4v) is 13.1. The Hall–Kier alpha value is -9.18. The first kappa shape index (κ1) is 104. The molecule has 12 bridgehead atoms. The molecule has 0 heterocycles. The zero-order valence-electron chi connectivity index (χ0n) is 76.5. The highest BCUT2D eigenvalue weighted by atomic mass is 16.6. The van der Waals surface area contributed by atoms with Gasteiger partial charge in [-0.15, -0.1) is 0 Å². The summed E-state index contributed by atoms with van der Waals surface area (Å²) in [4.78, 5) is 0. The molecule has 11 aromatic carbocycles. The zero-order valence-corrected chi connectivity index (χ0v) is 76.5. The van der Waals surface area contributed by atoms with E-state index in [0.29, 0.717) is 228 Å². The molecule has 23 nitrogen and oxygen atoms in total. The molecular weight excluding hydrogens is 1640 g/mol. The summed E-state index contributed by atoms with van der Waals surface area (Å²) in [5, 5.41) is 13.4. The second-order valence-corrected chi connectivity index (χ2v) is 30.7. The Balaban J connectivity index is 1.08. The van der Waals surface area contributed by atoms with Crippen LogP contribution < -0.4 is 4.74 Å². The van der Waals surface area contributed by atoms with Crippen LogP contribution in [0.25, 0.3) is 86.2 Å². The summed E-state index contributed by atoms with van der Waals surface area (Å²) in [5.74, 6) is -0.375. The van der Waals surface area contributed by atoms with Crippen LogP contribution in [0.1, 0.15) is 27.7 Å². The summed E-state index contributed by atoms with van der Waals surface area (Å²) in [5.41, 5.74) is 0. The fraction of sp³-hybridized carbons (Fsp3) is 0.491. The van der Waals surface area contributed by atoms with Crippen molar-refractivity contribution >= 4 is 86.2 Å². The van der Waals surface area contributed by atoms with Gasteiger partial charge in [0.25, 0.3) is 0 Å². The number of fused-ring (bicyclic) bond motifs is 2. The predicted octanol–water partition coefficient (Wildman–Crippen LogP) is 15.7. The molecule has 0 aromatic heterocycles. The molecule has 0 saturated heterocycles. The van der Waals surface area contributed by atoms with E-state index < -0.39 is 5.92 Å². The third kappa shape index (κ3) is 41.9. The van der Waals surface area contributed by atoms with Crippen molar-refractivity contribution in [1.29, 1.82) is 0 Å². The Bertz CT molecular complexity index is 4530. The quantitative estimate of drug-likeness (QED) is 0.0324. The van der Waals surface area contributed by atoms with Gasteiger partial charge in [-0.2, -0.15) is 0 Å². The lowest BCUT2D eigenvalue weighted by atomic mass is 10.0. The minimum Gasteiger partial charge on any atom is -0.492 e. The summed E-state index contributed by atoms with van der Waals surface area (Å²) in [7, 11) is 6.58. The van der Waals surface area contributed by atoms with Gasteiger partial charge in [-0.1, -0.05) is 133 Å². The van der Waals surface area contributed by atoms with E-state index in [9.17, 15) is 0 Å².